The van der Waals surface area contributed by atoms with Gasteiger partial charge in [-0.05, 0) is 12.0 Å². The molecule has 0 spiro atoms. The molecule has 0 radical (unpaired) electrons. The molecule has 0 saturated heterocycles. The number of benzene rings is 1. The molecule has 0 fully saturated rings. The molecule has 1 heterocycles. The monoisotopic (exact) mass is 229 g/mol. The van der Waals surface area contributed by atoms with Gasteiger partial charge in [0.2, 0.25) is 0 Å². The van der Waals surface area contributed by atoms with Crippen LogP contribution >= 0.6 is 0 Å². The molecule has 0 bridgehead atoms. The van der Waals surface area contributed by atoms with Gasteiger partial charge in [-0.3, -0.25) is 4.68 Å². The van der Waals surface area contributed by atoms with Gasteiger partial charge in [0, 0.05) is 17.8 Å². The molecule has 0 saturated carbocycles. The van der Waals surface area contributed by atoms with E-state index in [0.717, 1.165) is 19.4 Å². The standard InChI is InChI=1S/C14H19N3/c1-2-6-14-13(9-15)10-16-17(14)11-12-7-4-3-5-8-12/h3-5,7-8,10H,2,6,9,11,15H2,1H3. The van der Waals surface area contributed by atoms with E-state index in [-0.39, 0.29) is 0 Å². The first-order chi connectivity index (χ1) is 8.35. The third-order valence-corrected chi connectivity index (χ3v) is 2.92. The van der Waals surface area contributed by atoms with Crippen LogP contribution in [0, 0.1) is 0 Å². The highest BCUT2D eigenvalue weighted by Crippen LogP contribution is 2.12. The predicted molar refractivity (Wildman–Crippen MR) is 69.7 cm³/mol. The van der Waals surface area contributed by atoms with Crippen LogP contribution in [0.3, 0.4) is 0 Å². The molecule has 0 atom stereocenters. The zero-order valence-corrected chi connectivity index (χ0v) is 10.3. The molecule has 2 N–H and O–H groups in total. The van der Waals surface area contributed by atoms with Crippen molar-refractivity contribution in [3.8, 4) is 0 Å². The molecule has 0 aliphatic rings. The van der Waals surface area contributed by atoms with Crippen LogP contribution in [0.25, 0.3) is 0 Å². The molecule has 1 aromatic carbocycles. The minimum Gasteiger partial charge on any atom is -0.326 e. The van der Waals surface area contributed by atoms with Gasteiger partial charge >= 0.3 is 0 Å². The van der Waals surface area contributed by atoms with Crippen LogP contribution in [0.5, 0.6) is 0 Å². The van der Waals surface area contributed by atoms with E-state index < -0.39 is 0 Å². The highest BCUT2D eigenvalue weighted by molar-refractivity contribution is 5.21. The van der Waals surface area contributed by atoms with E-state index in [4.69, 9.17) is 5.73 Å². The Balaban J connectivity index is 2.23. The highest BCUT2D eigenvalue weighted by atomic mass is 15.3. The first-order valence-corrected chi connectivity index (χ1v) is 6.12. The summed E-state index contributed by atoms with van der Waals surface area (Å²) in [6.07, 6.45) is 4.06. The molecule has 3 heteroatoms. The average Bonchev–Trinajstić information content (AvgIpc) is 2.74. The second-order valence-corrected chi connectivity index (χ2v) is 4.21. The van der Waals surface area contributed by atoms with Gasteiger partial charge in [0.05, 0.1) is 12.7 Å². The fourth-order valence-electron chi connectivity index (χ4n) is 2.04. The van der Waals surface area contributed by atoms with Crippen LogP contribution in [0.2, 0.25) is 0 Å². The van der Waals surface area contributed by atoms with Gasteiger partial charge < -0.3 is 5.73 Å². The Bertz CT molecular complexity index is 460. The number of nitrogens with zero attached hydrogens (tertiary/aromatic N) is 2. The molecule has 0 amide bonds. The molecular weight excluding hydrogens is 210 g/mol. The number of aromatic nitrogens is 2. The summed E-state index contributed by atoms with van der Waals surface area (Å²) in [6, 6.07) is 10.4. The van der Waals surface area contributed by atoms with Crippen LogP contribution < -0.4 is 5.73 Å². The molecule has 2 aromatic rings. The molecule has 0 aliphatic heterocycles. The van der Waals surface area contributed by atoms with E-state index in [1.807, 2.05) is 12.3 Å². The summed E-state index contributed by atoms with van der Waals surface area (Å²) in [6.45, 7) is 3.58. The Kier molecular flexibility index (Phi) is 3.94. The zero-order valence-electron chi connectivity index (χ0n) is 10.3. The lowest BCUT2D eigenvalue weighted by Crippen LogP contribution is -2.08. The summed E-state index contributed by atoms with van der Waals surface area (Å²) in [5.41, 5.74) is 9.45. The maximum atomic E-state index is 5.73. The second-order valence-electron chi connectivity index (χ2n) is 4.21. The second kappa shape index (κ2) is 5.64. The quantitative estimate of drug-likeness (QED) is 0.855. The number of rotatable bonds is 5. The summed E-state index contributed by atoms with van der Waals surface area (Å²) in [5.74, 6) is 0. The SMILES string of the molecule is CCCc1c(CN)cnn1Cc1ccccc1. The first-order valence-electron chi connectivity index (χ1n) is 6.12. The van der Waals surface area contributed by atoms with Gasteiger partial charge in [-0.25, -0.2) is 0 Å². The van der Waals surface area contributed by atoms with Crippen LogP contribution in [0.4, 0.5) is 0 Å². The maximum absolute atomic E-state index is 5.73. The average molecular weight is 229 g/mol. The number of hydrogen-bond donors (Lipinski definition) is 1. The van der Waals surface area contributed by atoms with E-state index in [1.54, 1.807) is 0 Å². The van der Waals surface area contributed by atoms with Crippen molar-refractivity contribution in [2.45, 2.75) is 32.9 Å². The van der Waals surface area contributed by atoms with Gasteiger partial charge in [-0.1, -0.05) is 43.7 Å². The number of hydrogen-bond acceptors (Lipinski definition) is 2. The van der Waals surface area contributed by atoms with Crippen LogP contribution in [-0.2, 0) is 19.5 Å². The Morgan fingerprint density at radius 3 is 2.65 bits per heavy atom. The minimum absolute atomic E-state index is 0.574. The molecular formula is C14H19N3. The smallest absolute Gasteiger partial charge is 0.0662 e. The van der Waals surface area contributed by atoms with E-state index in [2.05, 4.69) is 41.0 Å². The Morgan fingerprint density at radius 1 is 1.24 bits per heavy atom. The predicted octanol–water partition coefficient (Wildman–Crippen LogP) is 2.34. The lowest BCUT2D eigenvalue weighted by molar-refractivity contribution is 0.635. The summed E-state index contributed by atoms with van der Waals surface area (Å²) in [7, 11) is 0. The van der Waals surface area contributed by atoms with Crippen LogP contribution in [-0.4, -0.2) is 9.78 Å². The summed E-state index contributed by atoms with van der Waals surface area (Å²) < 4.78 is 2.07. The molecule has 17 heavy (non-hydrogen) atoms. The Labute approximate surface area is 102 Å². The minimum atomic E-state index is 0.574. The third-order valence-electron chi connectivity index (χ3n) is 2.92. The fraction of sp³-hybridized carbons (Fsp3) is 0.357. The summed E-state index contributed by atoms with van der Waals surface area (Å²) in [5, 5.41) is 4.44. The van der Waals surface area contributed by atoms with E-state index in [1.165, 1.54) is 16.8 Å². The van der Waals surface area contributed by atoms with Crippen LogP contribution in [0.15, 0.2) is 36.5 Å². The first kappa shape index (κ1) is 11.9. The Morgan fingerprint density at radius 2 is 2.00 bits per heavy atom. The van der Waals surface area contributed by atoms with Crippen molar-refractivity contribution >= 4 is 0 Å². The summed E-state index contributed by atoms with van der Waals surface area (Å²) in [4.78, 5) is 0. The normalized spacial score (nSPS) is 10.7. The van der Waals surface area contributed by atoms with Gasteiger partial charge in [0.15, 0.2) is 0 Å². The van der Waals surface area contributed by atoms with Gasteiger partial charge in [-0.2, -0.15) is 5.10 Å². The maximum Gasteiger partial charge on any atom is 0.0662 e. The summed E-state index contributed by atoms with van der Waals surface area (Å²) >= 11 is 0. The van der Waals surface area contributed by atoms with Crippen molar-refractivity contribution in [2.75, 3.05) is 0 Å². The highest BCUT2D eigenvalue weighted by Gasteiger charge is 2.08. The molecule has 2 rings (SSSR count). The number of nitrogens with two attached hydrogens (primary N) is 1. The molecule has 0 unspecified atom stereocenters. The lowest BCUT2D eigenvalue weighted by atomic mass is 10.1. The van der Waals surface area contributed by atoms with Gasteiger partial charge in [0.25, 0.3) is 0 Å². The van der Waals surface area contributed by atoms with Crippen molar-refractivity contribution in [1.82, 2.24) is 9.78 Å². The lowest BCUT2D eigenvalue weighted by Gasteiger charge is -2.08. The van der Waals surface area contributed by atoms with Gasteiger partial charge in [-0.15, -0.1) is 0 Å². The van der Waals surface area contributed by atoms with Crippen LogP contribution in [0.1, 0.15) is 30.2 Å². The Hall–Kier alpha value is -1.61. The van der Waals surface area contributed by atoms with Crippen molar-refractivity contribution in [3.63, 3.8) is 0 Å². The topological polar surface area (TPSA) is 43.8 Å². The molecule has 1 aromatic heterocycles. The van der Waals surface area contributed by atoms with Crippen molar-refractivity contribution < 1.29 is 0 Å². The largest absolute Gasteiger partial charge is 0.326 e. The third kappa shape index (κ3) is 2.74. The molecule has 90 valence electrons. The van der Waals surface area contributed by atoms with Gasteiger partial charge in [0.1, 0.15) is 0 Å². The van der Waals surface area contributed by atoms with E-state index >= 15 is 0 Å². The van der Waals surface area contributed by atoms with E-state index in [0.29, 0.717) is 6.54 Å². The zero-order chi connectivity index (χ0) is 12.1. The molecule has 3 nitrogen and oxygen atoms in total. The fourth-order valence-corrected chi connectivity index (χ4v) is 2.04. The van der Waals surface area contributed by atoms with E-state index in [9.17, 15) is 0 Å². The van der Waals surface area contributed by atoms with Crippen molar-refractivity contribution in [1.29, 1.82) is 0 Å². The molecule has 0 aliphatic carbocycles. The van der Waals surface area contributed by atoms with Crippen molar-refractivity contribution in [2.24, 2.45) is 5.73 Å². The van der Waals surface area contributed by atoms with Crippen molar-refractivity contribution in [3.05, 3.63) is 53.3 Å².